The normalized spacial score (nSPS) is 32.8. The minimum Gasteiger partial charge on any atom is -0.297 e. The van der Waals surface area contributed by atoms with E-state index in [0.717, 1.165) is 17.5 Å². The maximum absolute atomic E-state index is 2.74. The highest BCUT2D eigenvalue weighted by Crippen LogP contribution is 2.51. The van der Waals surface area contributed by atoms with Crippen molar-refractivity contribution in [3.05, 3.63) is 0 Å². The average Bonchev–Trinajstić information content (AvgIpc) is 2.42. The van der Waals surface area contributed by atoms with Crippen molar-refractivity contribution in [1.82, 2.24) is 4.90 Å². The molecule has 0 unspecified atom stereocenters. The molecule has 1 aliphatic heterocycles. The Morgan fingerprint density at radius 3 is 2.38 bits per heavy atom. The molecule has 0 bridgehead atoms. The highest BCUT2D eigenvalue weighted by Gasteiger charge is 2.47. The summed E-state index contributed by atoms with van der Waals surface area (Å²) in [5.41, 5.74) is 0.769. The molecule has 1 atom stereocenters. The Balaban J connectivity index is 2.03. The second-order valence-electron chi connectivity index (χ2n) is 5.39. The van der Waals surface area contributed by atoms with Gasteiger partial charge in [0.1, 0.15) is 0 Å². The van der Waals surface area contributed by atoms with Gasteiger partial charge in [-0.15, -0.1) is 0 Å². The molecule has 2 aliphatic rings. The van der Waals surface area contributed by atoms with E-state index in [0.29, 0.717) is 0 Å². The third-order valence-electron chi connectivity index (χ3n) is 4.20. The second-order valence-corrected chi connectivity index (χ2v) is 5.39. The van der Waals surface area contributed by atoms with Crippen LogP contribution in [0.2, 0.25) is 0 Å². The number of rotatable bonds is 2. The van der Waals surface area contributed by atoms with E-state index < -0.39 is 0 Å². The van der Waals surface area contributed by atoms with Gasteiger partial charge in [-0.05, 0) is 44.9 Å². The zero-order valence-electron chi connectivity index (χ0n) is 9.34. The summed E-state index contributed by atoms with van der Waals surface area (Å²) in [6.07, 6.45) is 7.34. The SMILES string of the molecule is CC[C@@H]1CC2(CCC2)CN1C(C)C. The van der Waals surface area contributed by atoms with E-state index in [2.05, 4.69) is 25.7 Å². The molecule has 1 nitrogen and oxygen atoms in total. The standard InChI is InChI=1S/C12H23N/c1-4-11-8-12(6-5-7-12)9-13(11)10(2)3/h10-11H,4-9H2,1-3H3/t11-/m1/s1. The lowest BCUT2D eigenvalue weighted by molar-refractivity contribution is 0.127. The van der Waals surface area contributed by atoms with E-state index in [-0.39, 0.29) is 0 Å². The van der Waals surface area contributed by atoms with E-state index in [1.165, 1.54) is 38.6 Å². The minimum atomic E-state index is 0.755. The van der Waals surface area contributed by atoms with E-state index in [1.807, 2.05) is 0 Å². The van der Waals surface area contributed by atoms with Gasteiger partial charge in [0, 0.05) is 18.6 Å². The Hall–Kier alpha value is -0.0400. The number of hydrogen-bond acceptors (Lipinski definition) is 1. The molecule has 1 saturated carbocycles. The lowest BCUT2D eigenvalue weighted by atomic mass is 9.67. The van der Waals surface area contributed by atoms with Gasteiger partial charge in [0.05, 0.1) is 0 Å². The van der Waals surface area contributed by atoms with Gasteiger partial charge in [-0.1, -0.05) is 13.3 Å². The van der Waals surface area contributed by atoms with Crippen LogP contribution >= 0.6 is 0 Å². The molecule has 0 N–H and O–H groups in total. The van der Waals surface area contributed by atoms with E-state index >= 15 is 0 Å². The predicted molar refractivity (Wildman–Crippen MR) is 56.8 cm³/mol. The van der Waals surface area contributed by atoms with Crippen LogP contribution in [0.15, 0.2) is 0 Å². The molecule has 1 spiro atoms. The molecular formula is C12H23N. The first-order valence-electron chi connectivity index (χ1n) is 5.93. The Morgan fingerprint density at radius 1 is 1.38 bits per heavy atom. The summed E-state index contributed by atoms with van der Waals surface area (Å²) in [5.74, 6) is 0. The Morgan fingerprint density at radius 2 is 2.08 bits per heavy atom. The first kappa shape index (κ1) is 9.51. The fraction of sp³-hybridized carbons (Fsp3) is 1.00. The van der Waals surface area contributed by atoms with E-state index in [9.17, 15) is 0 Å². The molecule has 0 amide bonds. The molecule has 76 valence electrons. The molecule has 0 aromatic heterocycles. The van der Waals surface area contributed by atoms with Crippen molar-refractivity contribution in [3.8, 4) is 0 Å². The Labute approximate surface area is 82.5 Å². The molecule has 1 aliphatic carbocycles. The number of hydrogen-bond donors (Lipinski definition) is 0. The summed E-state index contributed by atoms with van der Waals surface area (Å²) in [5, 5.41) is 0. The third-order valence-corrected chi connectivity index (χ3v) is 4.20. The van der Waals surface area contributed by atoms with Gasteiger partial charge >= 0.3 is 0 Å². The quantitative estimate of drug-likeness (QED) is 0.633. The summed E-state index contributed by atoms with van der Waals surface area (Å²) in [6.45, 7) is 8.43. The maximum Gasteiger partial charge on any atom is 0.0101 e. The molecule has 13 heavy (non-hydrogen) atoms. The highest BCUT2D eigenvalue weighted by molar-refractivity contribution is 5.00. The molecular weight excluding hydrogens is 158 g/mol. The first-order valence-corrected chi connectivity index (χ1v) is 5.93. The lowest BCUT2D eigenvalue weighted by Crippen LogP contribution is -2.37. The van der Waals surface area contributed by atoms with Crippen LogP contribution in [0.25, 0.3) is 0 Å². The van der Waals surface area contributed by atoms with E-state index in [4.69, 9.17) is 0 Å². The van der Waals surface area contributed by atoms with Crippen molar-refractivity contribution in [1.29, 1.82) is 0 Å². The smallest absolute Gasteiger partial charge is 0.0101 e. The number of likely N-dealkylation sites (tertiary alicyclic amines) is 1. The van der Waals surface area contributed by atoms with Gasteiger partial charge in [0.25, 0.3) is 0 Å². The van der Waals surface area contributed by atoms with Gasteiger partial charge in [-0.25, -0.2) is 0 Å². The molecule has 0 aromatic carbocycles. The maximum atomic E-state index is 2.74. The molecule has 0 aromatic rings. The summed E-state index contributed by atoms with van der Waals surface area (Å²) in [4.78, 5) is 2.74. The van der Waals surface area contributed by atoms with Gasteiger partial charge < -0.3 is 0 Å². The molecule has 1 heterocycles. The van der Waals surface area contributed by atoms with Crippen LogP contribution in [0.4, 0.5) is 0 Å². The number of nitrogens with zero attached hydrogens (tertiary/aromatic N) is 1. The van der Waals surface area contributed by atoms with Crippen LogP contribution in [0.5, 0.6) is 0 Å². The van der Waals surface area contributed by atoms with E-state index in [1.54, 1.807) is 0 Å². The van der Waals surface area contributed by atoms with Gasteiger partial charge in [0.15, 0.2) is 0 Å². The van der Waals surface area contributed by atoms with Crippen molar-refractivity contribution in [2.45, 2.75) is 65.0 Å². The molecule has 1 heteroatoms. The van der Waals surface area contributed by atoms with Crippen molar-refractivity contribution < 1.29 is 0 Å². The summed E-state index contributed by atoms with van der Waals surface area (Å²) < 4.78 is 0. The Bertz CT molecular complexity index is 182. The van der Waals surface area contributed by atoms with Crippen molar-refractivity contribution >= 4 is 0 Å². The largest absolute Gasteiger partial charge is 0.297 e. The van der Waals surface area contributed by atoms with Crippen LogP contribution in [0.3, 0.4) is 0 Å². The van der Waals surface area contributed by atoms with Gasteiger partial charge in [-0.3, -0.25) is 4.90 Å². The van der Waals surface area contributed by atoms with Crippen LogP contribution in [0.1, 0.15) is 52.9 Å². The van der Waals surface area contributed by atoms with Crippen molar-refractivity contribution in [2.24, 2.45) is 5.41 Å². The van der Waals surface area contributed by atoms with Crippen LogP contribution in [0, 0.1) is 5.41 Å². The monoisotopic (exact) mass is 181 g/mol. The molecule has 0 radical (unpaired) electrons. The zero-order valence-corrected chi connectivity index (χ0v) is 9.34. The van der Waals surface area contributed by atoms with Crippen molar-refractivity contribution in [3.63, 3.8) is 0 Å². The second kappa shape index (κ2) is 3.27. The fourth-order valence-electron chi connectivity index (χ4n) is 3.22. The first-order chi connectivity index (χ1) is 6.17. The summed E-state index contributed by atoms with van der Waals surface area (Å²) in [7, 11) is 0. The summed E-state index contributed by atoms with van der Waals surface area (Å²) in [6, 6.07) is 1.64. The average molecular weight is 181 g/mol. The van der Waals surface area contributed by atoms with Gasteiger partial charge in [-0.2, -0.15) is 0 Å². The third kappa shape index (κ3) is 1.52. The molecule has 2 rings (SSSR count). The van der Waals surface area contributed by atoms with Crippen LogP contribution < -0.4 is 0 Å². The molecule has 2 fully saturated rings. The molecule has 1 saturated heterocycles. The minimum absolute atomic E-state index is 0.755. The fourth-order valence-corrected chi connectivity index (χ4v) is 3.22. The lowest BCUT2D eigenvalue weighted by Gasteiger charge is -2.38. The van der Waals surface area contributed by atoms with Gasteiger partial charge in [0.2, 0.25) is 0 Å². The highest BCUT2D eigenvalue weighted by atomic mass is 15.2. The zero-order chi connectivity index (χ0) is 9.47. The van der Waals surface area contributed by atoms with Crippen LogP contribution in [-0.4, -0.2) is 23.5 Å². The van der Waals surface area contributed by atoms with Crippen molar-refractivity contribution in [2.75, 3.05) is 6.54 Å². The summed E-state index contributed by atoms with van der Waals surface area (Å²) >= 11 is 0. The van der Waals surface area contributed by atoms with Crippen LogP contribution in [-0.2, 0) is 0 Å². The Kier molecular flexibility index (Phi) is 2.39. The predicted octanol–water partition coefficient (Wildman–Crippen LogP) is 3.05. The topological polar surface area (TPSA) is 3.24 Å².